The smallest absolute Gasteiger partial charge is 0.246 e. The van der Waals surface area contributed by atoms with Crippen molar-refractivity contribution in [3.8, 4) is 0 Å². The monoisotopic (exact) mass is 193 g/mol. The number of carbonyl (C=O) groups is 1. The van der Waals surface area contributed by atoms with E-state index in [-0.39, 0.29) is 5.91 Å². The topological polar surface area (TPSA) is 46.9 Å². The number of hydrogen-bond donors (Lipinski definition) is 1. The highest BCUT2D eigenvalue weighted by Gasteiger charge is 2.06. The van der Waals surface area contributed by atoms with Crippen molar-refractivity contribution in [2.45, 2.75) is 20.4 Å². The molecule has 0 radical (unpaired) electrons. The normalized spacial score (nSPS) is 9.93. The summed E-state index contributed by atoms with van der Waals surface area (Å²) in [5.41, 5.74) is 2.47. The molecule has 0 fully saturated rings. The SMILES string of the molecule is C=C(C)C(=O)NCc1c(C)ncn1C. The van der Waals surface area contributed by atoms with Crippen LogP contribution in [-0.4, -0.2) is 15.5 Å². The summed E-state index contributed by atoms with van der Waals surface area (Å²) in [5.74, 6) is -0.120. The number of aromatic nitrogens is 2. The average Bonchev–Trinajstić information content (AvgIpc) is 2.43. The quantitative estimate of drug-likeness (QED) is 0.726. The third-order valence-corrected chi connectivity index (χ3v) is 2.07. The van der Waals surface area contributed by atoms with Gasteiger partial charge in [-0.25, -0.2) is 4.98 Å². The zero-order valence-electron chi connectivity index (χ0n) is 8.79. The second kappa shape index (κ2) is 4.09. The van der Waals surface area contributed by atoms with Gasteiger partial charge in [0.05, 0.1) is 24.3 Å². The predicted molar refractivity (Wildman–Crippen MR) is 54.6 cm³/mol. The van der Waals surface area contributed by atoms with Crippen LogP contribution >= 0.6 is 0 Å². The number of carbonyl (C=O) groups excluding carboxylic acids is 1. The van der Waals surface area contributed by atoms with Gasteiger partial charge >= 0.3 is 0 Å². The summed E-state index contributed by atoms with van der Waals surface area (Å²) in [5, 5.41) is 2.77. The maximum Gasteiger partial charge on any atom is 0.246 e. The van der Waals surface area contributed by atoms with Crippen LogP contribution in [0.4, 0.5) is 0 Å². The Hall–Kier alpha value is -1.58. The second-order valence-electron chi connectivity index (χ2n) is 3.35. The molecular formula is C10H15N3O. The van der Waals surface area contributed by atoms with Crippen molar-refractivity contribution in [1.82, 2.24) is 14.9 Å². The van der Waals surface area contributed by atoms with Crippen LogP contribution in [0.15, 0.2) is 18.5 Å². The fourth-order valence-corrected chi connectivity index (χ4v) is 1.14. The van der Waals surface area contributed by atoms with E-state index in [1.807, 2.05) is 18.5 Å². The van der Waals surface area contributed by atoms with Gasteiger partial charge < -0.3 is 9.88 Å². The number of amides is 1. The molecule has 4 nitrogen and oxygen atoms in total. The molecule has 0 saturated carbocycles. The fourth-order valence-electron chi connectivity index (χ4n) is 1.14. The molecule has 0 bridgehead atoms. The number of rotatable bonds is 3. The van der Waals surface area contributed by atoms with Crippen LogP contribution < -0.4 is 5.32 Å². The molecule has 0 atom stereocenters. The lowest BCUT2D eigenvalue weighted by atomic mass is 10.3. The maximum atomic E-state index is 11.2. The number of hydrogen-bond acceptors (Lipinski definition) is 2. The first-order valence-corrected chi connectivity index (χ1v) is 4.43. The van der Waals surface area contributed by atoms with Crippen molar-refractivity contribution in [1.29, 1.82) is 0 Å². The molecule has 1 amide bonds. The molecule has 0 spiro atoms. The first kappa shape index (κ1) is 10.5. The van der Waals surface area contributed by atoms with E-state index in [2.05, 4.69) is 16.9 Å². The molecule has 14 heavy (non-hydrogen) atoms. The maximum absolute atomic E-state index is 11.2. The molecule has 1 aromatic rings. The van der Waals surface area contributed by atoms with Crippen LogP contribution in [0.25, 0.3) is 0 Å². The Morgan fingerprint density at radius 3 is 2.79 bits per heavy atom. The van der Waals surface area contributed by atoms with Gasteiger partial charge in [-0.05, 0) is 13.8 Å². The Labute approximate surface area is 83.6 Å². The van der Waals surface area contributed by atoms with E-state index in [9.17, 15) is 4.79 Å². The Bertz CT molecular complexity index is 346. The first-order valence-electron chi connectivity index (χ1n) is 4.43. The number of nitrogens with zero attached hydrogens (tertiary/aromatic N) is 2. The summed E-state index contributed by atoms with van der Waals surface area (Å²) in [6.45, 7) is 7.66. The largest absolute Gasteiger partial charge is 0.347 e. The van der Waals surface area contributed by atoms with E-state index in [1.165, 1.54) is 0 Å². The van der Waals surface area contributed by atoms with Crippen LogP contribution in [0.5, 0.6) is 0 Å². The number of nitrogens with one attached hydrogen (secondary N) is 1. The van der Waals surface area contributed by atoms with Gasteiger partial charge in [-0.15, -0.1) is 0 Å². The Kier molecular flexibility index (Phi) is 3.06. The molecule has 76 valence electrons. The summed E-state index contributed by atoms with van der Waals surface area (Å²) >= 11 is 0. The van der Waals surface area contributed by atoms with Gasteiger partial charge in [0.2, 0.25) is 5.91 Å². The van der Waals surface area contributed by atoms with E-state index in [4.69, 9.17) is 0 Å². The van der Waals surface area contributed by atoms with Crippen molar-refractivity contribution in [3.63, 3.8) is 0 Å². The van der Waals surface area contributed by atoms with Crippen molar-refractivity contribution < 1.29 is 4.79 Å². The first-order chi connectivity index (χ1) is 6.52. The standard InChI is InChI=1S/C10H15N3O/c1-7(2)10(14)11-5-9-8(3)12-6-13(9)4/h6H,1,5H2,2-4H3,(H,11,14). The molecule has 0 aromatic carbocycles. The van der Waals surface area contributed by atoms with E-state index in [0.29, 0.717) is 12.1 Å². The molecule has 0 aliphatic heterocycles. The van der Waals surface area contributed by atoms with E-state index in [1.54, 1.807) is 13.3 Å². The highest BCUT2D eigenvalue weighted by atomic mass is 16.1. The van der Waals surface area contributed by atoms with Gasteiger partial charge in [0, 0.05) is 12.6 Å². The highest BCUT2D eigenvalue weighted by Crippen LogP contribution is 2.03. The molecule has 1 heterocycles. The minimum Gasteiger partial charge on any atom is -0.347 e. The van der Waals surface area contributed by atoms with Crippen LogP contribution in [0.3, 0.4) is 0 Å². The van der Waals surface area contributed by atoms with Gasteiger partial charge in [-0.3, -0.25) is 4.79 Å². The van der Waals surface area contributed by atoms with Crippen LogP contribution in [0.2, 0.25) is 0 Å². The van der Waals surface area contributed by atoms with E-state index in [0.717, 1.165) is 11.4 Å². The van der Waals surface area contributed by atoms with Crippen molar-refractivity contribution in [2.75, 3.05) is 0 Å². The van der Waals surface area contributed by atoms with Crippen molar-refractivity contribution in [3.05, 3.63) is 29.9 Å². The Balaban J connectivity index is 2.62. The van der Waals surface area contributed by atoms with Crippen LogP contribution in [0, 0.1) is 6.92 Å². The Morgan fingerprint density at radius 2 is 2.36 bits per heavy atom. The van der Waals surface area contributed by atoms with Crippen molar-refractivity contribution >= 4 is 5.91 Å². The summed E-state index contributed by atoms with van der Waals surface area (Å²) in [6.07, 6.45) is 1.73. The molecular weight excluding hydrogens is 178 g/mol. The number of imidazole rings is 1. The molecule has 0 aliphatic carbocycles. The molecule has 1 rings (SSSR count). The molecule has 1 aromatic heterocycles. The summed E-state index contributed by atoms with van der Waals surface area (Å²) < 4.78 is 1.90. The minimum absolute atomic E-state index is 0.120. The van der Waals surface area contributed by atoms with Gasteiger partial charge in [0.1, 0.15) is 0 Å². The third-order valence-electron chi connectivity index (χ3n) is 2.07. The fraction of sp³-hybridized carbons (Fsp3) is 0.400. The lowest BCUT2D eigenvalue weighted by molar-refractivity contribution is -0.117. The van der Waals surface area contributed by atoms with Crippen LogP contribution in [0.1, 0.15) is 18.3 Å². The zero-order valence-corrected chi connectivity index (χ0v) is 8.79. The average molecular weight is 193 g/mol. The highest BCUT2D eigenvalue weighted by molar-refractivity contribution is 5.91. The lowest BCUT2D eigenvalue weighted by Crippen LogP contribution is -2.24. The lowest BCUT2D eigenvalue weighted by Gasteiger charge is -2.06. The molecule has 0 aliphatic rings. The van der Waals surface area contributed by atoms with Gasteiger partial charge in [0.25, 0.3) is 0 Å². The molecule has 0 unspecified atom stereocenters. The van der Waals surface area contributed by atoms with Gasteiger partial charge in [0.15, 0.2) is 0 Å². The predicted octanol–water partition coefficient (Wildman–Crippen LogP) is 0.921. The molecule has 1 N–H and O–H groups in total. The Morgan fingerprint density at radius 1 is 1.71 bits per heavy atom. The van der Waals surface area contributed by atoms with E-state index >= 15 is 0 Å². The van der Waals surface area contributed by atoms with Crippen molar-refractivity contribution in [2.24, 2.45) is 7.05 Å². The summed E-state index contributed by atoms with van der Waals surface area (Å²) in [4.78, 5) is 15.3. The molecule has 0 saturated heterocycles. The van der Waals surface area contributed by atoms with Gasteiger partial charge in [-0.2, -0.15) is 0 Å². The second-order valence-corrected chi connectivity index (χ2v) is 3.35. The summed E-state index contributed by atoms with van der Waals surface area (Å²) in [6, 6.07) is 0. The van der Waals surface area contributed by atoms with E-state index < -0.39 is 0 Å². The van der Waals surface area contributed by atoms with Crippen LogP contribution in [-0.2, 0) is 18.4 Å². The molecule has 4 heteroatoms. The van der Waals surface area contributed by atoms with Gasteiger partial charge in [-0.1, -0.05) is 6.58 Å². The summed E-state index contributed by atoms with van der Waals surface area (Å²) in [7, 11) is 1.91. The minimum atomic E-state index is -0.120. The third kappa shape index (κ3) is 2.22. The number of aryl methyl sites for hydroxylation is 2. The zero-order chi connectivity index (χ0) is 10.7.